The SMILES string of the molecule is C=C1c2c(C)cc(C)nc2CCC1(C)/C(N)=C/C=C(/C)N. The monoisotopic (exact) mass is 283 g/mol. The lowest BCUT2D eigenvalue weighted by molar-refractivity contribution is 0.463. The van der Waals surface area contributed by atoms with Crippen molar-refractivity contribution in [3.8, 4) is 0 Å². The second kappa shape index (κ2) is 5.40. The van der Waals surface area contributed by atoms with Crippen molar-refractivity contribution >= 4 is 5.57 Å². The van der Waals surface area contributed by atoms with E-state index < -0.39 is 0 Å². The van der Waals surface area contributed by atoms with Crippen molar-refractivity contribution in [1.82, 2.24) is 4.98 Å². The van der Waals surface area contributed by atoms with Gasteiger partial charge >= 0.3 is 0 Å². The van der Waals surface area contributed by atoms with Crippen molar-refractivity contribution < 1.29 is 0 Å². The molecule has 0 saturated heterocycles. The maximum Gasteiger partial charge on any atom is 0.0485 e. The Morgan fingerprint density at radius 1 is 1.33 bits per heavy atom. The van der Waals surface area contributed by atoms with E-state index in [1.165, 1.54) is 11.1 Å². The third-order valence-corrected chi connectivity index (χ3v) is 4.41. The van der Waals surface area contributed by atoms with E-state index in [4.69, 9.17) is 11.5 Å². The van der Waals surface area contributed by atoms with Crippen LogP contribution in [0.3, 0.4) is 0 Å². The zero-order valence-electron chi connectivity index (χ0n) is 13.5. The molecule has 0 aliphatic heterocycles. The molecule has 1 heterocycles. The summed E-state index contributed by atoms with van der Waals surface area (Å²) >= 11 is 0. The molecule has 0 spiro atoms. The molecule has 0 fully saturated rings. The Balaban J connectivity index is 2.49. The molecule has 3 heteroatoms. The van der Waals surface area contributed by atoms with Gasteiger partial charge in [0, 0.05) is 33.8 Å². The van der Waals surface area contributed by atoms with Crippen LogP contribution in [0.15, 0.2) is 36.2 Å². The summed E-state index contributed by atoms with van der Waals surface area (Å²) in [6.45, 7) is 12.5. The van der Waals surface area contributed by atoms with E-state index in [1.54, 1.807) is 0 Å². The Labute approximate surface area is 127 Å². The summed E-state index contributed by atoms with van der Waals surface area (Å²) in [6, 6.07) is 2.11. The van der Waals surface area contributed by atoms with Crippen LogP contribution in [0.5, 0.6) is 0 Å². The number of nitrogens with zero attached hydrogens (tertiary/aromatic N) is 1. The molecule has 2 rings (SSSR count). The number of rotatable bonds is 2. The highest BCUT2D eigenvalue weighted by atomic mass is 14.7. The van der Waals surface area contributed by atoms with Crippen LogP contribution in [-0.2, 0) is 6.42 Å². The Kier molecular flexibility index (Phi) is 3.95. The molecule has 1 aromatic rings. The third kappa shape index (κ3) is 2.73. The molecule has 112 valence electrons. The van der Waals surface area contributed by atoms with Crippen molar-refractivity contribution in [1.29, 1.82) is 0 Å². The van der Waals surface area contributed by atoms with Gasteiger partial charge in [0.1, 0.15) is 0 Å². The number of pyridine rings is 1. The van der Waals surface area contributed by atoms with Gasteiger partial charge in [0.25, 0.3) is 0 Å². The molecule has 3 nitrogen and oxygen atoms in total. The minimum Gasteiger partial charge on any atom is -0.402 e. The second-order valence-electron chi connectivity index (χ2n) is 6.25. The molecule has 1 unspecified atom stereocenters. The molecular weight excluding hydrogens is 258 g/mol. The summed E-state index contributed by atoms with van der Waals surface area (Å²) < 4.78 is 0. The first kappa shape index (κ1) is 15.4. The van der Waals surface area contributed by atoms with Crippen LogP contribution in [0.4, 0.5) is 0 Å². The van der Waals surface area contributed by atoms with Gasteiger partial charge in [-0.2, -0.15) is 0 Å². The summed E-state index contributed by atoms with van der Waals surface area (Å²) in [6.07, 6.45) is 5.61. The van der Waals surface area contributed by atoms with Crippen LogP contribution in [0.25, 0.3) is 5.57 Å². The lowest BCUT2D eigenvalue weighted by Gasteiger charge is -2.38. The van der Waals surface area contributed by atoms with Gasteiger partial charge in [-0.3, -0.25) is 4.98 Å². The predicted molar refractivity (Wildman–Crippen MR) is 89.4 cm³/mol. The number of hydrogen-bond acceptors (Lipinski definition) is 3. The molecule has 0 amide bonds. The lowest BCUT2D eigenvalue weighted by Crippen LogP contribution is -2.31. The highest BCUT2D eigenvalue weighted by Crippen LogP contribution is 2.47. The molecule has 1 aliphatic carbocycles. The van der Waals surface area contributed by atoms with Crippen molar-refractivity contribution in [2.75, 3.05) is 0 Å². The largest absolute Gasteiger partial charge is 0.402 e. The fourth-order valence-electron chi connectivity index (χ4n) is 3.03. The number of aryl methyl sites for hydroxylation is 3. The summed E-state index contributed by atoms with van der Waals surface area (Å²) in [4.78, 5) is 4.67. The predicted octanol–water partition coefficient (Wildman–Crippen LogP) is 3.37. The zero-order valence-corrected chi connectivity index (χ0v) is 13.5. The molecule has 1 aromatic heterocycles. The Bertz CT molecular complexity index is 649. The third-order valence-electron chi connectivity index (χ3n) is 4.41. The molecule has 0 saturated carbocycles. The Hall–Kier alpha value is -2.03. The number of nitrogens with two attached hydrogens (primary N) is 2. The van der Waals surface area contributed by atoms with Crippen LogP contribution >= 0.6 is 0 Å². The quantitative estimate of drug-likeness (QED) is 0.818. The van der Waals surface area contributed by atoms with Crippen LogP contribution in [0.2, 0.25) is 0 Å². The van der Waals surface area contributed by atoms with E-state index in [9.17, 15) is 0 Å². The fraction of sp³-hybridized carbons (Fsp3) is 0.389. The second-order valence-corrected chi connectivity index (χ2v) is 6.25. The van der Waals surface area contributed by atoms with Gasteiger partial charge in [0.2, 0.25) is 0 Å². The summed E-state index contributed by atoms with van der Waals surface area (Å²) in [5.41, 5.74) is 19.0. The van der Waals surface area contributed by atoms with Gasteiger partial charge in [0.05, 0.1) is 0 Å². The molecular formula is C18H25N3. The minimum atomic E-state index is -0.235. The van der Waals surface area contributed by atoms with Crippen LogP contribution < -0.4 is 11.5 Å². The van der Waals surface area contributed by atoms with E-state index in [0.717, 1.165) is 41.2 Å². The highest BCUT2D eigenvalue weighted by molar-refractivity contribution is 5.76. The maximum atomic E-state index is 6.34. The normalized spacial score (nSPS) is 23.1. The van der Waals surface area contributed by atoms with Gasteiger partial charge < -0.3 is 11.5 Å². The number of allylic oxidation sites excluding steroid dienone is 4. The van der Waals surface area contributed by atoms with E-state index in [0.29, 0.717) is 0 Å². The number of fused-ring (bicyclic) bond motifs is 1. The summed E-state index contributed by atoms with van der Waals surface area (Å²) in [7, 11) is 0. The van der Waals surface area contributed by atoms with E-state index in [-0.39, 0.29) is 5.41 Å². The first-order valence-electron chi connectivity index (χ1n) is 7.32. The number of aromatic nitrogens is 1. The molecule has 1 aliphatic rings. The van der Waals surface area contributed by atoms with E-state index in [1.807, 2.05) is 26.0 Å². The average Bonchev–Trinajstić information content (AvgIpc) is 2.39. The van der Waals surface area contributed by atoms with Gasteiger partial charge in [-0.1, -0.05) is 6.58 Å². The fourth-order valence-corrected chi connectivity index (χ4v) is 3.03. The summed E-state index contributed by atoms with van der Waals surface area (Å²) in [5.74, 6) is 0. The maximum absolute atomic E-state index is 6.34. The minimum absolute atomic E-state index is 0.235. The van der Waals surface area contributed by atoms with Crippen molar-refractivity contribution in [3.05, 3.63) is 58.7 Å². The van der Waals surface area contributed by atoms with Crippen molar-refractivity contribution in [3.63, 3.8) is 0 Å². The molecule has 0 bridgehead atoms. The standard InChI is InChI=1S/C18H25N3/c1-11-10-13(3)21-15-8-9-18(5,14(4)17(11)15)16(20)7-6-12(2)19/h6-7,10H,4,8-9,19-20H2,1-3,5H3/b12-6-,16-7-. The Morgan fingerprint density at radius 3 is 2.62 bits per heavy atom. The average molecular weight is 283 g/mol. The molecule has 0 aromatic carbocycles. The van der Waals surface area contributed by atoms with Gasteiger partial charge in [0.15, 0.2) is 0 Å². The topological polar surface area (TPSA) is 64.9 Å². The highest BCUT2D eigenvalue weighted by Gasteiger charge is 2.37. The van der Waals surface area contributed by atoms with Crippen LogP contribution in [0.1, 0.15) is 42.8 Å². The molecule has 1 atom stereocenters. The van der Waals surface area contributed by atoms with Gasteiger partial charge in [-0.05, 0) is 69.9 Å². The smallest absolute Gasteiger partial charge is 0.0485 e. The zero-order chi connectivity index (χ0) is 15.8. The first-order valence-corrected chi connectivity index (χ1v) is 7.32. The summed E-state index contributed by atoms with van der Waals surface area (Å²) in [5, 5.41) is 0. The van der Waals surface area contributed by atoms with E-state index in [2.05, 4.69) is 31.5 Å². The van der Waals surface area contributed by atoms with E-state index >= 15 is 0 Å². The van der Waals surface area contributed by atoms with Crippen LogP contribution in [0, 0.1) is 19.3 Å². The van der Waals surface area contributed by atoms with Crippen molar-refractivity contribution in [2.45, 2.75) is 40.5 Å². The van der Waals surface area contributed by atoms with Gasteiger partial charge in [-0.15, -0.1) is 0 Å². The van der Waals surface area contributed by atoms with Crippen molar-refractivity contribution in [2.24, 2.45) is 16.9 Å². The Morgan fingerprint density at radius 2 is 2.00 bits per heavy atom. The van der Waals surface area contributed by atoms with Crippen LogP contribution in [-0.4, -0.2) is 4.98 Å². The number of hydrogen-bond donors (Lipinski definition) is 2. The molecule has 4 N–H and O–H groups in total. The molecule has 0 radical (unpaired) electrons. The lowest BCUT2D eigenvalue weighted by atomic mass is 9.68. The molecule has 21 heavy (non-hydrogen) atoms. The first-order chi connectivity index (χ1) is 9.75. The van der Waals surface area contributed by atoms with Gasteiger partial charge in [-0.25, -0.2) is 0 Å².